The molecule has 1 aromatic heterocycles. The van der Waals surface area contributed by atoms with Crippen molar-refractivity contribution in [2.75, 3.05) is 0 Å². The van der Waals surface area contributed by atoms with Gasteiger partial charge in [0.05, 0.1) is 10.6 Å². The number of nitrogens with zero attached hydrogens (tertiary/aromatic N) is 1. The minimum atomic E-state index is -0.523. The number of carbonyl (C=O) groups is 1. The Morgan fingerprint density at radius 2 is 2.00 bits per heavy atom. The Labute approximate surface area is 97.0 Å². The summed E-state index contributed by atoms with van der Waals surface area (Å²) in [7, 11) is 0. The predicted molar refractivity (Wildman–Crippen MR) is 60.2 cm³/mol. The molecule has 15 heavy (non-hydrogen) atoms. The van der Waals surface area contributed by atoms with E-state index in [-0.39, 0.29) is 0 Å². The van der Waals surface area contributed by atoms with Gasteiger partial charge in [-0.3, -0.25) is 9.89 Å². The molecule has 1 aromatic carbocycles. The quantitative estimate of drug-likeness (QED) is 0.782. The fourth-order valence-corrected chi connectivity index (χ4v) is 1.27. The van der Waals surface area contributed by atoms with Gasteiger partial charge >= 0.3 is 0 Å². The van der Waals surface area contributed by atoms with Crippen LogP contribution >= 0.6 is 23.2 Å². The number of carbonyl (C=O) groups excluding carboxylic acids is 1. The van der Waals surface area contributed by atoms with Crippen LogP contribution in [0.15, 0.2) is 42.7 Å². The Morgan fingerprint density at radius 1 is 1.27 bits per heavy atom. The van der Waals surface area contributed by atoms with Crippen LogP contribution in [0, 0.1) is 0 Å². The van der Waals surface area contributed by atoms with Crippen LogP contribution in [0.25, 0.3) is 0 Å². The fraction of sp³-hybridized carbons (Fsp3) is 0. The highest BCUT2D eigenvalue weighted by molar-refractivity contribution is 6.68. The smallest absolute Gasteiger partial charge is 0.253 e. The lowest BCUT2D eigenvalue weighted by Crippen LogP contribution is -1.87. The van der Waals surface area contributed by atoms with Gasteiger partial charge in [-0.15, -0.1) is 0 Å². The van der Waals surface area contributed by atoms with Crippen LogP contribution in [0.4, 0.5) is 0 Å². The molecule has 0 aliphatic carbocycles. The molecule has 0 saturated heterocycles. The molecule has 5 heteroatoms. The Kier molecular flexibility index (Phi) is 4.87. The van der Waals surface area contributed by atoms with Crippen LogP contribution in [0.2, 0.25) is 5.02 Å². The molecule has 2 rings (SSSR count). The second-order valence-electron chi connectivity index (χ2n) is 2.52. The highest BCUT2D eigenvalue weighted by atomic mass is 35.5. The first-order valence-corrected chi connectivity index (χ1v) is 4.85. The molecule has 0 atom stereocenters. The summed E-state index contributed by atoms with van der Waals surface area (Å²) in [6, 6.07) is 8.49. The molecule has 2 aromatic rings. The molecule has 0 amide bonds. The van der Waals surface area contributed by atoms with Gasteiger partial charge < -0.3 is 0 Å². The maximum absolute atomic E-state index is 10.5. The lowest BCUT2D eigenvalue weighted by molar-refractivity contribution is 0.108. The largest absolute Gasteiger partial charge is 0.286 e. The molecule has 0 aliphatic heterocycles. The van der Waals surface area contributed by atoms with Gasteiger partial charge in [-0.2, -0.15) is 5.10 Å². The van der Waals surface area contributed by atoms with E-state index in [0.717, 1.165) is 0 Å². The Bertz CT molecular complexity index is 398. The maximum Gasteiger partial charge on any atom is 0.253 e. The van der Waals surface area contributed by atoms with Gasteiger partial charge in [0.25, 0.3) is 5.24 Å². The van der Waals surface area contributed by atoms with Crippen LogP contribution in [-0.4, -0.2) is 15.4 Å². The summed E-state index contributed by atoms with van der Waals surface area (Å²) in [5, 5.41) is 6.08. The van der Waals surface area contributed by atoms with Crippen molar-refractivity contribution in [1.29, 1.82) is 0 Å². The summed E-state index contributed by atoms with van der Waals surface area (Å²) >= 11 is 10.8. The standard InChI is InChI=1S/C7H4Cl2O.C3H4N2/c8-6-4-2-1-3-5(6)7(9)10;1-2-4-5-3-1/h1-4H;1-3H,(H,4,5). The number of aromatic nitrogens is 2. The number of hydrogen-bond acceptors (Lipinski definition) is 2. The zero-order valence-electron chi connectivity index (χ0n) is 7.65. The van der Waals surface area contributed by atoms with Gasteiger partial charge in [-0.05, 0) is 29.8 Å². The van der Waals surface area contributed by atoms with E-state index < -0.39 is 5.24 Å². The predicted octanol–water partition coefficient (Wildman–Crippen LogP) is 3.13. The average molecular weight is 243 g/mol. The van der Waals surface area contributed by atoms with E-state index >= 15 is 0 Å². The number of halogens is 2. The molecule has 1 heterocycles. The first-order chi connectivity index (χ1) is 7.22. The molecule has 0 aliphatic rings. The molecule has 0 saturated carbocycles. The maximum atomic E-state index is 10.5. The van der Waals surface area contributed by atoms with Crippen LogP contribution in [0.1, 0.15) is 10.4 Å². The van der Waals surface area contributed by atoms with Crippen molar-refractivity contribution >= 4 is 28.4 Å². The number of benzene rings is 1. The third-order valence-corrected chi connectivity index (χ3v) is 2.02. The van der Waals surface area contributed by atoms with Crippen molar-refractivity contribution < 1.29 is 4.79 Å². The third-order valence-electron chi connectivity index (χ3n) is 1.49. The van der Waals surface area contributed by atoms with Crippen molar-refractivity contribution in [2.24, 2.45) is 0 Å². The van der Waals surface area contributed by atoms with Crippen molar-refractivity contribution in [2.45, 2.75) is 0 Å². The molecular weight excluding hydrogens is 235 g/mol. The summed E-state index contributed by atoms with van der Waals surface area (Å²) in [4.78, 5) is 10.5. The number of H-pyrrole nitrogens is 1. The second-order valence-corrected chi connectivity index (χ2v) is 3.27. The molecule has 0 radical (unpaired) electrons. The Balaban J connectivity index is 0.000000187. The first kappa shape index (κ1) is 11.8. The van der Waals surface area contributed by atoms with Gasteiger partial charge in [0.2, 0.25) is 0 Å². The van der Waals surface area contributed by atoms with Gasteiger partial charge in [-0.1, -0.05) is 23.7 Å². The van der Waals surface area contributed by atoms with E-state index in [1.54, 1.807) is 36.7 Å². The second kappa shape index (κ2) is 6.22. The summed E-state index contributed by atoms with van der Waals surface area (Å²) in [6.07, 6.45) is 3.46. The minimum Gasteiger partial charge on any atom is -0.286 e. The number of nitrogens with one attached hydrogen (secondary N) is 1. The topological polar surface area (TPSA) is 45.8 Å². The molecule has 78 valence electrons. The van der Waals surface area contributed by atoms with Crippen molar-refractivity contribution in [3.05, 3.63) is 53.3 Å². The number of hydrogen-bond donors (Lipinski definition) is 1. The first-order valence-electron chi connectivity index (χ1n) is 4.10. The molecule has 3 nitrogen and oxygen atoms in total. The van der Waals surface area contributed by atoms with Crippen LogP contribution in [0.3, 0.4) is 0 Å². The van der Waals surface area contributed by atoms with E-state index in [2.05, 4.69) is 10.2 Å². The van der Waals surface area contributed by atoms with Gasteiger partial charge in [-0.25, -0.2) is 0 Å². The summed E-state index contributed by atoms with van der Waals surface area (Å²) in [6.45, 7) is 0. The van der Waals surface area contributed by atoms with Crippen LogP contribution in [0.5, 0.6) is 0 Å². The average Bonchev–Trinajstić information content (AvgIpc) is 2.75. The zero-order chi connectivity index (χ0) is 11.1. The van der Waals surface area contributed by atoms with Crippen molar-refractivity contribution in [3.8, 4) is 0 Å². The zero-order valence-corrected chi connectivity index (χ0v) is 9.16. The minimum absolute atomic E-state index is 0.353. The van der Waals surface area contributed by atoms with Gasteiger partial charge in [0.1, 0.15) is 0 Å². The summed E-state index contributed by atoms with van der Waals surface area (Å²) in [5.74, 6) is 0. The Morgan fingerprint density at radius 3 is 2.33 bits per heavy atom. The SMILES string of the molecule is O=C(Cl)c1ccccc1Cl.c1cn[nH]c1. The Hall–Kier alpha value is -1.32. The van der Waals surface area contributed by atoms with Crippen molar-refractivity contribution in [1.82, 2.24) is 10.2 Å². The van der Waals surface area contributed by atoms with Crippen LogP contribution < -0.4 is 0 Å². The van der Waals surface area contributed by atoms with E-state index in [1.165, 1.54) is 0 Å². The third kappa shape index (κ3) is 4.14. The fourth-order valence-electron chi connectivity index (χ4n) is 0.836. The van der Waals surface area contributed by atoms with Gasteiger partial charge in [0.15, 0.2) is 0 Å². The molecular formula is C10H8Cl2N2O. The molecule has 0 unspecified atom stereocenters. The monoisotopic (exact) mass is 242 g/mol. The number of rotatable bonds is 1. The van der Waals surface area contributed by atoms with E-state index in [4.69, 9.17) is 23.2 Å². The van der Waals surface area contributed by atoms with E-state index in [1.807, 2.05) is 6.07 Å². The number of aromatic amines is 1. The molecule has 0 fully saturated rings. The normalized spacial score (nSPS) is 8.93. The molecule has 0 spiro atoms. The van der Waals surface area contributed by atoms with E-state index in [9.17, 15) is 4.79 Å². The molecule has 1 N–H and O–H groups in total. The van der Waals surface area contributed by atoms with Crippen molar-refractivity contribution in [3.63, 3.8) is 0 Å². The highest BCUT2D eigenvalue weighted by Gasteiger charge is 2.03. The highest BCUT2D eigenvalue weighted by Crippen LogP contribution is 2.16. The van der Waals surface area contributed by atoms with E-state index in [0.29, 0.717) is 10.6 Å². The van der Waals surface area contributed by atoms with Crippen LogP contribution in [-0.2, 0) is 0 Å². The lowest BCUT2D eigenvalue weighted by atomic mass is 10.2. The molecule has 0 bridgehead atoms. The lowest BCUT2D eigenvalue weighted by Gasteiger charge is -1.93. The summed E-state index contributed by atoms with van der Waals surface area (Å²) in [5.41, 5.74) is 0.353. The van der Waals surface area contributed by atoms with Gasteiger partial charge in [0, 0.05) is 12.4 Å². The summed E-state index contributed by atoms with van der Waals surface area (Å²) < 4.78 is 0.